The first-order valence-corrected chi connectivity index (χ1v) is 8.87. The molecular formula is C21H17N5O3. The van der Waals surface area contributed by atoms with Crippen LogP contribution in [0.4, 0.5) is 11.6 Å². The molecule has 1 heterocycles. The Kier molecular flexibility index (Phi) is 5.15. The number of H-pyrrole nitrogens is 1. The van der Waals surface area contributed by atoms with Crippen LogP contribution in [0.1, 0.15) is 11.1 Å². The quantitative estimate of drug-likeness (QED) is 0.276. The lowest BCUT2D eigenvalue weighted by atomic mass is 10.2. The summed E-state index contributed by atoms with van der Waals surface area (Å²) in [7, 11) is 0. The van der Waals surface area contributed by atoms with Gasteiger partial charge in [0, 0.05) is 12.1 Å². The lowest BCUT2D eigenvalue weighted by molar-refractivity contribution is -0.384. The topological polar surface area (TPSA) is 105 Å². The Bertz CT molecular complexity index is 1120. The summed E-state index contributed by atoms with van der Waals surface area (Å²) in [5.74, 6) is 1.27. The van der Waals surface area contributed by atoms with Crippen molar-refractivity contribution >= 4 is 28.9 Å². The Morgan fingerprint density at radius 2 is 1.83 bits per heavy atom. The van der Waals surface area contributed by atoms with Crippen molar-refractivity contribution in [2.45, 2.75) is 6.61 Å². The second-order valence-electron chi connectivity index (χ2n) is 6.25. The van der Waals surface area contributed by atoms with Gasteiger partial charge in [0.2, 0.25) is 5.95 Å². The third-order valence-electron chi connectivity index (χ3n) is 4.21. The van der Waals surface area contributed by atoms with E-state index < -0.39 is 4.92 Å². The molecule has 0 saturated carbocycles. The highest BCUT2D eigenvalue weighted by atomic mass is 16.6. The highest BCUT2D eigenvalue weighted by Gasteiger charge is 2.04. The van der Waals surface area contributed by atoms with Crippen LogP contribution in [0.5, 0.6) is 5.75 Å². The van der Waals surface area contributed by atoms with E-state index in [2.05, 4.69) is 20.5 Å². The first-order chi connectivity index (χ1) is 14.2. The zero-order chi connectivity index (χ0) is 20.1. The lowest BCUT2D eigenvalue weighted by Crippen LogP contribution is -1.96. The predicted molar refractivity (Wildman–Crippen MR) is 111 cm³/mol. The Labute approximate surface area is 166 Å². The van der Waals surface area contributed by atoms with Gasteiger partial charge < -0.3 is 9.72 Å². The van der Waals surface area contributed by atoms with Gasteiger partial charge in [-0.2, -0.15) is 5.10 Å². The maximum atomic E-state index is 10.7. The summed E-state index contributed by atoms with van der Waals surface area (Å²) < 4.78 is 5.71. The van der Waals surface area contributed by atoms with Gasteiger partial charge in [0.15, 0.2) is 0 Å². The van der Waals surface area contributed by atoms with Gasteiger partial charge in [-0.3, -0.25) is 10.1 Å². The average Bonchev–Trinajstić information content (AvgIpc) is 3.16. The van der Waals surface area contributed by atoms with Crippen LogP contribution in [-0.4, -0.2) is 21.1 Å². The van der Waals surface area contributed by atoms with Gasteiger partial charge in [0.1, 0.15) is 12.4 Å². The van der Waals surface area contributed by atoms with Gasteiger partial charge in [-0.05, 0) is 59.7 Å². The number of benzene rings is 3. The fourth-order valence-corrected chi connectivity index (χ4v) is 2.70. The molecule has 0 unspecified atom stereocenters. The van der Waals surface area contributed by atoms with Gasteiger partial charge in [-0.1, -0.05) is 12.1 Å². The minimum atomic E-state index is -0.423. The molecule has 8 nitrogen and oxygen atoms in total. The molecule has 0 spiro atoms. The zero-order valence-corrected chi connectivity index (χ0v) is 15.3. The summed E-state index contributed by atoms with van der Waals surface area (Å²) in [4.78, 5) is 17.8. The number of ether oxygens (including phenoxy) is 1. The second-order valence-corrected chi connectivity index (χ2v) is 6.25. The molecule has 4 rings (SSSR count). The molecule has 29 heavy (non-hydrogen) atoms. The molecule has 3 aromatic carbocycles. The van der Waals surface area contributed by atoms with Crippen molar-refractivity contribution in [1.82, 2.24) is 9.97 Å². The second kappa shape index (κ2) is 8.22. The number of nitrogens with zero attached hydrogens (tertiary/aromatic N) is 3. The van der Waals surface area contributed by atoms with Crippen LogP contribution in [-0.2, 0) is 6.61 Å². The SMILES string of the molecule is O=[N+]([O-])c1ccc(COc2ccc(/C=N/Nc3nc4ccccc4[nH]3)cc2)cc1. The Balaban J connectivity index is 1.31. The number of aromatic amines is 1. The summed E-state index contributed by atoms with van der Waals surface area (Å²) in [6.45, 7) is 0.332. The van der Waals surface area contributed by atoms with Crippen molar-refractivity contribution in [3.8, 4) is 5.75 Å². The number of imidazole rings is 1. The van der Waals surface area contributed by atoms with Gasteiger partial charge in [-0.25, -0.2) is 10.4 Å². The third-order valence-corrected chi connectivity index (χ3v) is 4.21. The molecule has 0 radical (unpaired) electrons. The van der Waals surface area contributed by atoms with Crippen LogP contribution in [0.25, 0.3) is 11.0 Å². The molecule has 0 aliphatic heterocycles. The molecule has 0 amide bonds. The highest BCUT2D eigenvalue weighted by Crippen LogP contribution is 2.16. The molecule has 1 aromatic heterocycles. The Morgan fingerprint density at radius 1 is 1.07 bits per heavy atom. The summed E-state index contributed by atoms with van der Waals surface area (Å²) in [5.41, 5.74) is 6.52. The van der Waals surface area contributed by atoms with Gasteiger partial charge >= 0.3 is 0 Å². The van der Waals surface area contributed by atoms with E-state index in [1.807, 2.05) is 48.5 Å². The summed E-state index contributed by atoms with van der Waals surface area (Å²) >= 11 is 0. The maximum absolute atomic E-state index is 10.7. The van der Waals surface area contributed by atoms with Crippen LogP contribution in [0.2, 0.25) is 0 Å². The number of nitro groups is 1. The molecule has 4 aromatic rings. The number of rotatable bonds is 7. The first kappa shape index (κ1) is 18.2. The Hall–Kier alpha value is -4.20. The molecule has 0 fully saturated rings. The van der Waals surface area contributed by atoms with Crippen LogP contribution < -0.4 is 10.2 Å². The minimum absolute atomic E-state index is 0.0636. The van der Waals surface area contributed by atoms with Crippen molar-refractivity contribution in [2.24, 2.45) is 5.10 Å². The van der Waals surface area contributed by atoms with E-state index in [1.54, 1.807) is 18.3 Å². The van der Waals surface area contributed by atoms with Crippen molar-refractivity contribution < 1.29 is 9.66 Å². The third kappa shape index (κ3) is 4.56. The molecule has 2 N–H and O–H groups in total. The van der Waals surface area contributed by atoms with Crippen LogP contribution in [0.3, 0.4) is 0 Å². The summed E-state index contributed by atoms with van der Waals surface area (Å²) in [6.07, 6.45) is 1.69. The first-order valence-electron chi connectivity index (χ1n) is 8.87. The van der Waals surface area contributed by atoms with Gasteiger partial charge in [0.25, 0.3) is 5.69 Å². The van der Waals surface area contributed by atoms with E-state index >= 15 is 0 Å². The summed E-state index contributed by atoms with van der Waals surface area (Å²) in [6, 6.07) is 21.5. The smallest absolute Gasteiger partial charge is 0.269 e. The molecular weight excluding hydrogens is 370 g/mol. The predicted octanol–water partition coefficient (Wildman–Crippen LogP) is 4.50. The normalized spacial score (nSPS) is 11.0. The van der Waals surface area contributed by atoms with Crippen LogP contribution >= 0.6 is 0 Å². The van der Waals surface area contributed by atoms with Crippen molar-refractivity contribution in [3.05, 3.63) is 94.0 Å². The highest BCUT2D eigenvalue weighted by molar-refractivity contribution is 5.81. The van der Waals surface area contributed by atoms with Crippen molar-refractivity contribution in [3.63, 3.8) is 0 Å². The standard InChI is InChI=1S/C21H17N5O3/c27-26(28)17-9-5-16(6-10-17)14-29-18-11-7-15(8-12-18)13-22-25-21-23-19-3-1-2-4-20(19)24-21/h1-13H,14H2,(H2,23,24,25)/b22-13+. The van der Waals surface area contributed by atoms with Gasteiger partial charge in [0.05, 0.1) is 22.2 Å². The van der Waals surface area contributed by atoms with E-state index in [0.29, 0.717) is 18.3 Å². The maximum Gasteiger partial charge on any atom is 0.269 e. The molecule has 8 heteroatoms. The minimum Gasteiger partial charge on any atom is -0.489 e. The molecule has 0 saturated heterocycles. The summed E-state index contributed by atoms with van der Waals surface area (Å²) in [5, 5.41) is 14.9. The zero-order valence-electron chi connectivity index (χ0n) is 15.3. The largest absolute Gasteiger partial charge is 0.489 e. The Morgan fingerprint density at radius 3 is 2.55 bits per heavy atom. The number of non-ortho nitro benzene ring substituents is 1. The number of fused-ring (bicyclic) bond motifs is 1. The van der Waals surface area contributed by atoms with E-state index in [4.69, 9.17) is 4.74 Å². The molecule has 0 bridgehead atoms. The van der Waals surface area contributed by atoms with Crippen LogP contribution in [0, 0.1) is 10.1 Å². The van der Waals surface area contributed by atoms with E-state index in [9.17, 15) is 10.1 Å². The fourth-order valence-electron chi connectivity index (χ4n) is 2.70. The van der Waals surface area contributed by atoms with Crippen LogP contribution in [0.15, 0.2) is 77.9 Å². The number of hydrogen-bond acceptors (Lipinski definition) is 6. The monoisotopic (exact) mass is 387 g/mol. The van der Waals surface area contributed by atoms with E-state index in [0.717, 1.165) is 22.2 Å². The number of hydrogen-bond donors (Lipinski definition) is 2. The van der Waals surface area contributed by atoms with Crippen molar-refractivity contribution in [1.29, 1.82) is 0 Å². The molecule has 0 atom stereocenters. The van der Waals surface area contributed by atoms with E-state index in [-0.39, 0.29) is 5.69 Å². The number of aromatic nitrogens is 2. The van der Waals surface area contributed by atoms with Gasteiger partial charge in [-0.15, -0.1) is 0 Å². The molecule has 0 aliphatic carbocycles. The van der Waals surface area contributed by atoms with E-state index in [1.165, 1.54) is 12.1 Å². The fraction of sp³-hybridized carbons (Fsp3) is 0.0476. The number of nitro benzene ring substituents is 1. The number of nitrogens with one attached hydrogen (secondary N) is 2. The average molecular weight is 387 g/mol. The molecule has 0 aliphatic rings. The number of anilines is 1. The molecule has 144 valence electrons. The number of hydrazone groups is 1. The lowest BCUT2D eigenvalue weighted by Gasteiger charge is -2.06. The van der Waals surface area contributed by atoms with Crippen molar-refractivity contribution in [2.75, 3.05) is 5.43 Å². The number of para-hydroxylation sites is 2.